The minimum absolute atomic E-state index is 0. The van der Waals surface area contributed by atoms with Crippen molar-refractivity contribution in [3.8, 4) is 0 Å². The van der Waals surface area contributed by atoms with Crippen molar-refractivity contribution in [2.24, 2.45) is 4.99 Å². The lowest BCUT2D eigenvalue weighted by molar-refractivity contribution is 1.02. The molecule has 17 heavy (non-hydrogen) atoms. The van der Waals surface area contributed by atoms with E-state index < -0.39 is 0 Å². The van der Waals surface area contributed by atoms with Crippen LogP contribution in [-0.4, -0.2) is 25.6 Å². The van der Waals surface area contributed by atoms with Gasteiger partial charge in [0.05, 0.1) is 17.9 Å². The van der Waals surface area contributed by atoms with E-state index in [1.165, 1.54) is 22.5 Å². The largest absolute Gasteiger partial charge is 0.310 e. The Kier molecular flexibility index (Phi) is 3.04. The highest BCUT2D eigenvalue weighted by Crippen LogP contribution is 2.40. The molecule has 1 aromatic rings. The first-order valence-electron chi connectivity index (χ1n) is 5.93. The molecule has 1 aromatic carbocycles. The average Bonchev–Trinajstić information content (AvgIpc) is 2.80. The number of benzene rings is 1. The van der Waals surface area contributed by atoms with Crippen LogP contribution in [0, 0.1) is 13.8 Å². The zero-order valence-corrected chi connectivity index (χ0v) is 11.3. The smallest absolute Gasteiger partial charge is 0.205 e. The molecule has 2 heterocycles. The third-order valence-electron chi connectivity index (χ3n) is 3.55. The number of hydrogen-bond acceptors (Lipinski definition) is 3. The van der Waals surface area contributed by atoms with E-state index in [4.69, 9.17) is 0 Å². The third-order valence-corrected chi connectivity index (χ3v) is 3.55. The normalized spacial score (nSPS) is 16.5. The summed E-state index contributed by atoms with van der Waals surface area (Å²) in [6, 6.07) is 4.58. The van der Waals surface area contributed by atoms with Gasteiger partial charge >= 0.3 is 0 Å². The van der Waals surface area contributed by atoms with Crippen LogP contribution in [0.15, 0.2) is 17.1 Å². The first-order valence-corrected chi connectivity index (χ1v) is 5.93. The number of nitrogens with zero attached hydrogens (tertiary/aromatic N) is 3. The molecule has 4 heteroatoms. The van der Waals surface area contributed by atoms with Crippen molar-refractivity contribution in [3.63, 3.8) is 0 Å². The Morgan fingerprint density at radius 2 is 1.82 bits per heavy atom. The quantitative estimate of drug-likeness (QED) is 0.764. The predicted molar refractivity (Wildman–Crippen MR) is 75.8 cm³/mol. The second-order valence-electron chi connectivity index (χ2n) is 4.50. The second kappa shape index (κ2) is 4.22. The van der Waals surface area contributed by atoms with E-state index in [1.807, 2.05) is 0 Å². The van der Waals surface area contributed by atoms with Crippen molar-refractivity contribution in [1.29, 1.82) is 0 Å². The highest BCUT2D eigenvalue weighted by Gasteiger charge is 2.34. The summed E-state index contributed by atoms with van der Waals surface area (Å²) in [5.41, 5.74) is 5.38. The zero-order valence-electron chi connectivity index (χ0n) is 10.5. The number of fused-ring (bicyclic) bond motifs is 3. The van der Waals surface area contributed by atoms with E-state index >= 15 is 0 Å². The molecule has 3 nitrogen and oxygen atoms in total. The van der Waals surface area contributed by atoms with Crippen molar-refractivity contribution >= 4 is 29.7 Å². The number of aryl methyl sites for hydroxylation is 2. The molecule has 0 radical (unpaired) electrons. The molecule has 92 valence electrons. The van der Waals surface area contributed by atoms with Gasteiger partial charge in [0.15, 0.2) is 0 Å². The molecule has 0 saturated carbocycles. The van der Waals surface area contributed by atoms with Gasteiger partial charge in [-0.15, -0.1) is 12.4 Å². The maximum Gasteiger partial charge on any atom is 0.205 e. The Morgan fingerprint density at radius 1 is 1.18 bits per heavy atom. The van der Waals surface area contributed by atoms with Crippen LogP contribution in [0.5, 0.6) is 0 Å². The molecular formula is C13H18ClN3. The van der Waals surface area contributed by atoms with Gasteiger partial charge in [0.2, 0.25) is 5.96 Å². The monoisotopic (exact) mass is 251 g/mol. The Labute approximate surface area is 109 Å². The Morgan fingerprint density at radius 3 is 2.47 bits per heavy atom. The Bertz CT molecular complexity index is 482. The summed E-state index contributed by atoms with van der Waals surface area (Å²) in [5, 5.41) is 0. The Hall–Kier alpha value is -1.22. The first-order chi connectivity index (χ1) is 7.72. The van der Waals surface area contributed by atoms with E-state index in [1.54, 1.807) is 0 Å². The number of rotatable bonds is 1. The number of guanidine groups is 1. The molecule has 0 aliphatic carbocycles. The fraction of sp³-hybridized carbons (Fsp3) is 0.462. The fourth-order valence-corrected chi connectivity index (χ4v) is 2.53. The molecule has 0 N–H and O–H groups in total. The molecule has 0 unspecified atom stereocenters. The molecule has 0 amide bonds. The highest BCUT2D eigenvalue weighted by molar-refractivity contribution is 6.17. The van der Waals surface area contributed by atoms with Crippen molar-refractivity contribution in [1.82, 2.24) is 0 Å². The van der Waals surface area contributed by atoms with Gasteiger partial charge in [-0.1, -0.05) is 0 Å². The highest BCUT2D eigenvalue weighted by atomic mass is 35.5. The summed E-state index contributed by atoms with van der Waals surface area (Å²) in [6.07, 6.45) is 0. The van der Waals surface area contributed by atoms with Crippen LogP contribution in [0.4, 0.5) is 11.4 Å². The number of aliphatic imine (C=N–C) groups is 1. The summed E-state index contributed by atoms with van der Waals surface area (Å²) in [4.78, 5) is 9.25. The van der Waals surface area contributed by atoms with Gasteiger partial charge in [-0.25, -0.2) is 0 Å². The van der Waals surface area contributed by atoms with E-state index in [9.17, 15) is 0 Å². The third kappa shape index (κ3) is 1.61. The Balaban J connectivity index is 0.00000108. The van der Waals surface area contributed by atoms with Crippen LogP contribution in [-0.2, 0) is 0 Å². The SMILES string of the molecule is CCN1C2=NCCN2c2cc(C)c(C)cc21.Cl. The van der Waals surface area contributed by atoms with Crippen molar-refractivity contribution in [2.75, 3.05) is 29.4 Å². The van der Waals surface area contributed by atoms with Crippen molar-refractivity contribution in [3.05, 3.63) is 23.3 Å². The van der Waals surface area contributed by atoms with E-state index in [-0.39, 0.29) is 12.4 Å². The lowest BCUT2D eigenvalue weighted by Gasteiger charge is -2.16. The molecule has 0 fully saturated rings. The second-order valence-corrected chi connectivity index (χ2v) is 4.50. The predicted octanol–water partition coefficient (Wildman–Crippen LogP) is 2.74. The van der Waals surface area contributed by atoms with Crippen molar-refractivity contribution < 1.29 is 0 Å². The number of halogens is 1. The maximum absolute atomic E-state index is 4.59. The van der Waals surface area contributed by atoms with E-state index in [2.05, 4.69) is 47.7 Å². The van der Waals surface area contributed by atoms with Crippen LogP contribution < -0.4 is 9.80 Å². The number of anilines is 2. The zero-order chi connectivity index (χ0) is 11.3. The minimum atomic E-state index is 0. The molecule has 2 aliphatic rings. The summed E-state index contributed by atoms with van der Waals surface area (Å²) < 4.78 is 0. The number of hydrogen-bond donors (Lipinski definition) is 0. The molecule has 0 bridgehead atoms. The minimum Gasteiger partial charge on any atom is -0.310 e. The van der Waals surface area contributed by atoms with Crippen LogP contribution in [0.1, 0.15) is 18.1 Å². The maximum atomic E-state index is 4.59. The molecule has 0 atom stereocenters. The molecule has 0 spiro atoms. The van der Waals surface area contributed by atoms with E-state index in [0.29, 0.717) is 0 Å². The van der Waals surface area contributed by atoms with Gasteiger partial charge in [-0.05, 0) is 44.0 Å². The van der Waals surface area contributed by atoms with Gasteiger partial charge < -0.3 is 9.80 Å². The molecule has 0 aromatic heterocycles. The van der Waals surface area contributed by atoms with Crippen LogP contribution in [0.3, 0.4) is 0 Å². The lowest BCUT2D eigenvalue weighted by Crippen LogP contribution is -2.35. The summed E-state index contributed by atoms with van der Waals surface area (Å²) >= 11 is 0. The molecular weight excluding hydrogens is 234 g/mol. The summed E-state index contributed by atoms with van der Waals surface area (Å²) in [6.45, 7) is 9.49. The van der Waals surface area contributed by atoms with Gasteiger partial charge in [0.25, 0.3) is 0 Å². The summed E-state index contributed by atoms with van der Waals surface area (Å²) in [5.74, 6) is 1.14. The van der Waals surface area contributed by atoms with Crippen LogP contribution >= 0.6 is 12.4 Å². The standard InChI is InChI=1S/C13H17N3.ClH/c1-4-15-11-7-9(2)10(3)8-12(11)16-6-5-14-13(15)16;/h7-8H,4-6H2,1-3H3;1H. The van der Waals surface area contributed by atoms with E-state index in [0.717, 1.165) is 25.6 Å². The van der Waals surface area contributed by atoms with Gasteiger partial charge in [0.1, 0.15) is 0 Å². The lowest BCUT2D eigenvalue weighted by atomic mass is 10.1. The van der Waals surface area contributed by atoms with Crippen LogP contribution in [0.2, 0.25) is 0 Å². The average molecular weight is 252 g/mol. The van der Waals surface area contributed by atoms with Gasteiger partial charge in [-0.2, -0.15) is 0 Å². The summed E-state index contributed by atoms with van der Waals surface area (Å²) in [7, 11) is 0. The van der Waals surface area contributed by atoms with Gasteiger partial charge in [-0.3, -0.25) is 4.99 Å². The molecule has 0 saturated heterocycles. The first kappa shape index (κ1) is 12.2. The topological polar surface area (TPSA) is 18.8 Å². The van der Waals surface area contributed by atoms with Crippen molar-refractivity contribution in [2.45, 2.75) is 20.8 Å². The fourth-order valence-electron chi connectivity index (χ4n) is 2.53. The van der Waals surface area contributed by atoms with Crippen LogP contribution in [0.25, 0.3) is 0 Å². The molecule has 3 rings (SSSR count). The molecule has 2 aliphatic heterocycles. The van der Waals surface area contributed by atoms with Gasteiger partial charge in [0, 0.05) is 13.1 Å².